The maximum Gasteiger partial charge on any atom is 0.295 e. The summed E-state index contributed by atoms with van der Waals surface area (Å²) < 4.78 is 10.7. The Labute approximate surface area is 191 Å². The molecule has 2 aromatic rings. The molecule has 170 valence electrons. The molecular weight excluding hydrogens is 436 g/mol. The molecule has 2 aromatic carbocycles. The molecule has 1 aliphatic heterocycles. The molecule has 0 aliphatic carbocycles. The van der Waals surface area contributed by atoms with E-state index in [9.17, 15) is 19.8 Å². The van der Waals surface area contributed by atoms with Crippen LogP contribution in [0.4, 0.5) is 0 Å². The van der Waals surface area contributed by atoms with Gasteiger partial charge in [-0.05, 0) is 43.9 Å². The van der Waals surface area contributed by atoms with Gasteiger partial charge in [-0.25, -0.2) is 0 Å². The van der Waals surface area contributed by atoms with Gasteiger partial charge >= 0.3 is 0 Å². The second-order valence-electron chi connectivity index (χ2n) is 7.54. The number of aliphatic hydroxyl groups excluding tert-OH is 1. The van der Waals surface area contributed by atoms with Crippen molar-refractivity contribution in [2.45, 2.75) is 6.04 Å². The number of phenols is 1. The fourth-order valence-electron chi connectivity index (χ4n) is 3.68. The number of methoxy groups -OCH3 is 2. The van der Waals surface area contributed by atoms with Crippen molar-refractivity contribution in [1.82, 2.24) is 9.80 Å². The molecule has 1 heterocycles. The van der Waals surface area contributed by atoms with Gasteiger partial charge in [-0.3, -0.25) is 9.59 Å². The summed E-state index contributed by atoms with van der Waals surface area (Å²) in [5, 5.41) is 21.2. The zero-order valence-corrected chi connectivity index (χ0v) is 19.0. The zero-order chi connectivity index (χ0) is 23.6. The minimum absolute atomic E-state index is 0.0653. The van der Waals surface area contributed by atoms with E-state index in [1.807, 2.05) is 19.0 Å². The van der Waals surface area contributed by atoms with Crippen molar-refractivity contribution in [2.24, 2.45) is 0 Å². The quantitative estimate of drug-likeness (QED) is 0.372. The number of carbonyl (C=O) groups is 2. The molecule has 9 heteroatoms. The molecule has 2 N–H and O–H groups in total. The summed E-state index contributed by atoms with van der Waals surface area (Å²) in [7, 11) is 6.56. The molecule has 8 nitrogen and oxygen atoms in total. The number of ketones is 1. The predicted octanol–water partition coefficient (Wildman–Crippen LogP) is 3.05. The number of ether oxygens (including phenoxy) is 2. The van der Waals surface area contributed by atoms with E-state index in [1.165, 1.54) is 31.3 Å². The van der Waals surface area contributed by atoms with Gasteiger partial charge in [0, 0.05) is 13.1 Å². The summed E-state index contributed by atoms with van der Waals surface area (Å²) in [6.07, 6.45) is 0. The first-order chi connectivity index (χ1) is 15.2. The normalized spacial score (nSPS) is 17.8. The summed E-state index contributed by atoms with van der Waals surface area (Å²) in [6.45, 7) is 0.730. The number of carbonyl (C=O) groups excluding carboxylic acids is 2. The first kappa shape index (κ1) is 23.4. The maximum atomic E-state index is 13.1. The Morgan fingerprint density at radius 2 is 1.75 bits per heavy atom. The van der Waals surface area contributed by atoms with E-state index in [2.05, 4.69) is 0 Å². The Kier molecular flexibility index (Phi) is 6.96. The average molecular weight is 461 g/mol. The van der Waals surface area contributed by atoms with Crippen molar-refractivity contribution < 1.29 is 29.3 Å². The van der Waals surface area contributed by atoms with Crippen molar-refractivity contribution in [3.8, 4) is 17.2 Å². The van der Waals surface area contributed by atoms with Crippen LogP contribution in [0.2, 0.25) is 5.02 Å². The molecule has 3 rings (SSSR count). The van der Waals surface area contributed by atoms with Gasteiger partial charge in [0.2, 0.25) is 0 Å². The van der Waals surface area contributed by atoms with E-state index in [1.54, 1.807) is 24.3 Å². The Bertz CT molecular complexity index is 1060. The van der Waals surface area contributed by atoms with Gasteiger partial charge in [-0.1, -0.05) is 23.7 Å². The number of rotatable bonds is 7. The van der Waals surface area contributed by atoms with Crippen LogP contribution in [0.25, 0.3) is 5.76 Å². The van der Waals surface area contributed by atoms with Crippen LogP contribution in [-0.4, -0.2) is 73.1 Å². The number of Topliss-reactive ketones (excluding diaryl/α,β-unsaturated/α-hetero) is 1. The van der Waals surface area contributed by atoms with Gasteiger partial charge < -0.3 is 29.5 Å². The number of aromatic hydroxyl groups is 1. The highest BCUT2D eigenvalue weighted by Gasteiger charge is 2.46. The van der Waals surface area contributed by atoms with E-state index >= 15 is 0 Å². The smallest absolute Gasteiger partial charge is 0.295 e. The highest BCUT2D eigenvalue weighted by atomic mass is 35.5. The van der Waals surface area contributed by atoms with Gasteiger partial charge in [0.1, 0.15) is 28.6 Å². The molecule has 1 saturated heterocycles. The van der Waals surface area contributed by atoms with Crippen molar-refractivity contribution in [1.29, 1.82) is 0 Å². The second kappa shape index (κ2) is 9.50. The first-order valence-corrected chi connectivity index (χ1v) is 10.2. The Morgan fingerprint density at radius 1 is 1.12 bits per heavy atom. The van der Waals surface area contributed by atoms with Crippen LogP contribution in [0.15, 0.2) is 42.0 Å². The molecule has 32 heavy (non-hydrogen) atoms. The highest BCUT2D eigenvalue weighted by molar-refractivity contribution is 6.46. The van der Waals surface area contributed by atoms with Crippen LogP contribution in [0.5, 0.6) is 17.2 Å². The van der Waals surface area contributed by atoms with Gasteiger partial charge in [-0.2, -0.15) is 0 Å². The number of benzene rings is 2. The van der Waals surface area contributed by atoms with E-state index in [0.717, 1.165) is 0 Å². The Morgan fingerprint density at radius 3 is 2.28 bits per heavy atom. The van der Waals surface area contributed by atoms with Crippen molar-refractivity contribution >= 4 is 29.1 Å². The molecule has 1 atom stereocenters. The molecule has 1 unspecified atom stereocenters. The summed E-state index contributed by atoms with van der Waals surface area (Å²) in [4.78, 5) is 29.4. The number of likely N-dealkylation sites (tertiary alicyclic amines) is 1. The fraction of sp³-hybridized carbons (Fsp3) is 0.304. The number of likely N-dealkylation sites (N-methyl/N-ethyl adjacent to an activating group) is 1. The largest absolute Gasteiger partial charge is 0.506 e. The van der Waals surface area contributed by atoms with E-state index in [4.69, 9.17) is 21.1 Å². The summed E-state index contributed by atoms with van der Waals surface area (Å²) in [5.74, 6) is -1.56. The second-order valence-corrected chi connectivity index (χ2v) is 7.95. The standard InChI is InChI=1S/C23H25ClN2O6/c1-25(2)10-11-26-20(13-8-9-15(27)14(24)12-13)19(22(29)23(26)30)21(28)18-16(31-3)6-5-7-17(18)32-4/h5-9,12,20,27-28H,10-11H2,1-4H3/b21-19+. The van der Waals surface area contributed by atoms with Crippen LogP contribution in [0.1, 0.15) is 17.2 Å². The third-order valence-corrected chi connectivity index (χ3v) is 5.58. The molecule has 1 amide bonds. The molecule has 0 bridgehead atoms. The average Bonchev–Trinajstić information content (AvgIpc) is 3.03. The van der Waals surface area contributed by atoms with Crippen LogP contribution >= 0.6 is 11.6 Å². The number of halogens is 1. The molecule has 0 spiro atoms. The number of amides is 1. The molecule has 1 aliphatic rings. The lowest BCUT2D eigenvalue weighted by Gasteiger charge is -2.27. The SMILES string of the molecule is COc1cccc(OC)c1/C(O)=C1\C(=O)C(=O)N(CCN(C)C)C1c1ccc(O)c(Cl)c1. The number of hydrogen-bond acceptors (Lipinski definition) is 7. The minimum Gasteiger partial charge on any atom is -0.506 e. The first-order valence-electron chi connectivity index (χ1n) is 9.84. The van der Waals surface area contributed by atoms with Crippen molar-refractivity contribution in [3.63, 3.8) is 0 Å². The monoisotopic (exact) mass is 460 g/mol. The Balaban J connectivity index is 2.27. The third-order valence-electron chi connectivity index (χ3n) is 5.28. The number of hydrogen-bond donors (Lipinski definition) is 2. The summed E-state index contributed by atoms with van der Waals surface area (Å²) in [5.41, 5.74) is 0.525. The predicted molar refractivity (Wildman–Crippen MR) is 120 cm³/mol. The maximum absolute atomic E-state index is 13.1. The van der Waals surface area contributed by atoms with E-state index in [-0.39, 0.29) is 40.0 Å². The fourth-order valence-corrected chi connectivity index (χ4v) is 3.87. The lowest BCUT2D eigenvalue weighted by atomic mass is 9.94. The molecule has 1 fully saturated rings. The van der Waals surface area contributed by atoms with Gasteiger partial charge in [-0.15, -0.1) is 0 Å². The zero-order valence-electron chi connectivity index (χ0n) is 18.3. The van der Waals surface area contributed by atoms with Gasteiger partial charge in [0.15, 0.2) is 0 Å². The number of phenolic OH excluding ortho intramolecular Hbond substituents is 1. The summed E-state index contributed by atoms with van der Waals surface area (Å²) >= 11 is 6.11. The van der Waals surface area contributed by atoms with Crippen molar-refractivity contribution in [3.05, 3.63) is 58.1 Å². The molecule has 0 aromatic heterocycles. The summed E-state index contributed by atoms with van der Waals surface area (Å²) in [6, 6.07) is 8.42. The van der Waals surface area contributed by atoms with Gasteiger partial charge in [0.05, 0.1) is 30.9 Å². The van der Waals surface area contributed by atoms with Crippen LogP contribution in [0.3, 0.4) is 0 Å². The lowest BCUT2D eigenvalue weighted by Crippen LogP contribution is -2.35. The van der Waals surface area contributed by atoms with Crippen LogP contribution in [-0.2, 0) is 9.59 Å². The third kappa shape index (κ3) is 4.24. The van der Waals surface area contributed by atoms with Crippen molar-refractivity contribution in [2.75, 3.05) is 41.4 Å². The van der Waals surface area contributed by atoms with Gasteiger partial charge in [0.25, 0.3) is 11.7 Å². The molecule has 0 saturated carbocycles. The Hall–Kier alpha value is -3.23. The highest BCUT2D eigenvalue weighted by Crippen LogP contribution is 2.44. The van der Waals surface area contributed by atoms with Crippen LogP contribution in [0, 0.1) is 0 Å². The molecule has 0 radical (unpaired) electrons. The molecular formula is C23H25ClN2O6. The minimum atomic E-state index is -0.914. The van der Waals surface area contributed by atoms with E-state index < -0.39 is 23.5 Å². The topological polar surface area (TPSA) is 99.5 Å². The van der Waals surface area contributed by atoms with Crippen LogP contribution < -0.4 is 9.47 Å². The number of nitrogens with zero attached hydrogens (tertiary/aromatic N) is 2. The number of aliphatic hydroxyl groups is 1. The lowest BCUT2D eigenvalue weighted by molar-refractivity contribution is -0.140. The van der Waals surface area contributed by atoms with E-state index in [0.29, 0.717) is 12.1 Å².